The van der Waals surface area contributed by atoms with Crippen molar-refractivity contribution < 1.29 is 14.5 Å². The molecule has 2 N–H and O–H groups in total. The molecular weight excluding hydrogens is 442 g/mol. The quantitative estimate of drug-likeness (QED) is 0.339. The predicted octanol–water partition coefficient (Wildman–Crippen LogP) is 4.59. The summed E-state index contributed by atoms with van der Waals surface area (Å²) in [4.78, 5) is 33.3. The van der Waals surface area contributed by atoms with Gasteiger partial charge >= 0.3 is 5.97 Å². The predicted molar refractivity (Wildman–Crippen MR) is 129 cm³/mol. The first kappa shape index (κ1) is 25.0. The number of nitrogens with one attached hydrogen (secondary N) is 2. The summed E-state index contributed by atoms with van der Waals surface area (Å²) in [5, 5.41) is 18.8. The van der Waals surface area contributed by atoms with Crippen molar-refractivity contribution in [3.63, 3.8) is 0 Å². The van der Waals surface area contributed by atoms with Gasteiger partial charge in [0.1, 0.15) is 0 Å². The van der Waals surface area contributed by atoms with Gasteiger partial charge in [-0.25, -0.2) is 9.97 Å². The highest BCUT2D eigenvalue weighted by Crippen LogP contribution is 2.39. The fourth-order valence-corrected chi connectivity index (χ4v) is 5.80. The van der Waals surface area contributed by atoms with E-state index in [0.29, 0.717) is 16.5 Å². The van der Waals surface area contributed by atoms with Crippen LogP contribution in [-0.2, 0) is 9.53 Å². The molecule has 0 saturated carbocycles. The van der Waals surface area contributed by atoms with E-state index in [9.17, 15) is 14.9 Å². The highest BCUT2D eigenvalue weighted by Gasteiger charge is 2.45. The van der Waals surface area contributed by atoms with Crippen LogP contribution < -0.4 is 10.6 Å². The molecule has 0 radical (unpaired) electrons. The lowest BCUT2D eigenvalue weighted by atomic mass is 9.80. The number of nitrogens with zero attached hydrogens (tertiary/aromatic N) is 3. The number of anilines is 1. The molecule has 33 heavy (non-hydrogen) atoms. The SMILES string of the molecule is CC(=O)OC(c1ccc(-c2ccnc(NC3CC(C)(C)NC(C)(C)C3)n2)s1)C(C)(C)[N+](=O)[O-]. The van der Waals surface area contributed by atoms with Crippen molar-refractivity contribution in [1.82, 2.24) is 15.3 Å². The number of rotatable bonds is 7. The third-order valence-corrected chi connectivity index (χ3v) is 6.86. The summed E-state index contributed by atoms with van der Waals surface area (Å²) in [6, 6.07) is 5.62. The number of aromatic nitrogens is 2. The molecular formula is C23H33N5O4S. The van der Waals surface area contributed by atoms with Gasteiger partial charge in [0, 0.05) is 49.0 Å². The second kappa shape index (κ2) is 8.98. The number of hydrogen-bond acceptors (Lipinski definition) is 9. The Morgan fingerprint density at radius 2 is 1.91 bits per heavy atom. The van der Waals surface area contributed by atoms with Crippen LogP contribution in [0.4, 0.5) is 5.95 Å². The second-order valence-corrected chi connectivity index (χ2v) is 11.6. The van der Waals surface area contributed by atoms with E-state index in [-0.39, 0.29) is 17.1 Å². The Morgan fingerprint density at radius 1 is 1.27 bits per heavy atom. The molecule has 0 aliphatic carbocycles. The van der Waals surface area contributed by atoms with Gasteiger partial charge in [0.2, 0.25) is 12.1 Å². The molecule has 180 valence electrons. The molecule has 0 spiro atoms. The first-order valence-corrected chi connectivity index (χ1v) is 11.8. The van der Waals surface area contributed by atoms with E-state index in [1.165, 1.54) is 32.1 Å². The molecule has 0 aromatic carbocycles. The zero-order valence-electron chi connectivity index (χ0n) is 20.3. The number of nitro groups is 1. The molecule has 0 bridgehead atoms. The lowest BCUT2D eigenvalue weighted by Gasteiger charge is -2.46. The maximum atomic E-state index is 11.6. The first-order valence-electron chi connectivity index (χ1n) is 11.0. The zero-order valence-corrected chi connectivity index (χ0v) is 21.1. The summed E-state index contributed by atoms with van der Waals surface area (Å²) >= 11 is 1.32. The molecule has 1 atom stereocenters. The summed E-state index contributed by atoms with van der Waals surface area (Å²) in [7, 11) is 0. The Balaban J connectivity index is 1.84. The maximum Gasteiger partial charge on any atom is 0.303 e. The van der Waals surface area contributed by atoms with Gasteiger partial charge in [-0.2, -0.15) is 0 Å². The summed E-state index contributed by atoms with van der Waals surface area (Å²) < 4.78 is 5.35. The van der Waals surface area contributed by atoms with Crippen molar-refractivity contribution in [2.75, 3.05) is 5.32 Å². The Kier molecular flexibility index (Phi) is 6.82. The number of carbonyl (C=O) groups excluding carboxylic acids is 1. The van der Waals surface area contributed by atoms with Gasteiger partial charge < -0.3 is 15.4 Å². The molecule has 1 unspecified atom stereocenters. The largest absolute Gasteiger partial charge is 0.449 e. The van der Waals surface area contributed by atoms with Crippen molar-refractivity contribution in [2.45, 2.75) is 90.1 Å². The van der Waals surface area contributed by atoms with Gasteiger partial charge in [-0.15, -0.1) is 11.3 Å². The van der Waals surface area contributed by atoms with Crippen LogP contribution >= 0.6 is 11.3 Å². The molecule has 1 aliphatic heterocycles. The van der Waals surface area contributed by atoms with Crippen LogP contribution in [0.25, 0.3) is 10.6 Å². The van der Waals surface area contributed by atoms with Crippen molar-refractivity contribution in [2.24, 2.45) is 0 Å². The number of carbonyl (C=O) groups is 1. The van der Waals surface area contributed by atoms with Crippen LogP contribution in [0, 0.1) is 10.1 Å². The van der Waals surface area contributed by atoms with Gasteiger partial charge in [0.15, 0.2) is 0 Å². The van der Waals surface area contributed by atoms with E-state index in [1.54, 1.807) is 18.3 Å². The maximum absolute atomic E-state index is 11.6. The summed E-state index contributed by atoms with van der Waals surface area (Å²) in [6.07, 6.45) is 2.58. The first-order chi connectivity index (χ1) is 15.2. The Morgan fingerprint density at radius 3 is 2.48 bits per heavy atom. The Hall–Kier alpha value is -2.59. The normalized spacial score (nSPS) is 19.0. The minimum Gasteiger partial charge on any atom is -0.449 e. The Bertz CT molecular complexity index is 1020. The van der Waals surface area contributed by atoms with E-state index >= 15 is 0 Å². The molecule has 3 rings (SSSR count). The van der Waals surface area contributed by atoms with Crippen LogP contribution in [0.3, 0.4) is 0 Å². The zero-order chi connectivity index (χ0) is 24.6. The second-order valence-electron chi connectivity index (χ2n) is 10.5. The summed E-state index contributed by atoms with van der Waals surface area (Å²) in [5.74, 6) is -0.0191. The number of thiophene rings is 1. The van der Waals surface area contributed by atoms with E-state index in [2.05, 4.69) is 48.3 Å². The number of hydrogen-bond donors (Lipinski definition) is 2. The van der Waals surface area contributed by atoms with Gasteiger partial charge in [-0.05, 0) is 58.7 Å². The number of piperidine rings is 1. The molecule has 0 amide bonds. The van der Waals surface area contributed by atoms with Gasteiger partial charge in [-0.3, -0.25) is 14.9 Å². The molecule has 3 heterocycles. The fourth-order valence-electron chi connectivity index (χ4n) is 4.62. The van der Waals surface area contributed by atoms with Crippen LogP contribution in [0.2, 0.25) is 0 Å². The van der Waals surface area contributed by atoms with Gasteiger partial charge in [-0.1, -0.05) is 0 Å². The van der Waals surface area contributed by atoms with Crippen molar-refractivity contribution in [3.05, 3.63) is 39.4 Å². The summed E-state index contributed by atoms with van der Waals surface area (Å²) in [5.41, 5.74) is -0.776. The molecule has 1 aliphatic rings. The monoisotopic (exact) mass is 475 g/mol. The topological polar surface area (TPSA) is 119 Å². The third-order valence-electron chi connectivity index (χ3n) is 5.71. The van der Waals surface area contributed by atoms with Gasteiger partial charge in [0.25, 0.3) is 5.54 Å². The Labute approximate surface area is 198 Å². The van der Waals surface area contributed by atoms with E-state index in [4.69, 9.17) is 4.74 Å². The van der Waals surface area contributed by atoms with Crippen molar-refractivity contribution >= 4 is 23.3 Å². The molecule has 10 heteroatoms. The molecule has 1 saturated heterocycles. The van der Waals surface area contributed by atoms with E-state index < -0.39 is 22.5 Å². The van der Waals surface area contributed by atoms with Crippen LogP contribution in [-0.4, -0.2) is 43.5 Å². The fraction of sp³-hybridized carbons (Fsp3) is 0.609. The van der Waals surface area contributed by atoms with Crippen molar-refractivity contribution in [1.29, 1.82) is 0 Å². The number of ether oxygens (including phenoxy) is 1. The minimum atomic E-state index is -1.47. The van der Waals surface area contributed by atoms with Gasteiger partial charge in [0.05, 0.1) is 15.4 Å². The summed E-state index contributed by atoms with van der Waals surface area (Å²) in [6.45, 7) is 12.9. The number of esters is 1. The molecule has 2 aromatic rings. The van der Waals surface area contributed by atoms with Crippen LogP contribution in [0.1, 0.15) is 72.3 Å². The van der Waals surface area contributed by atoms with Crippen LogP contribution in [0.5, 0.6) is 0 Å². The van der Waals surface area contributed by atoms with E-state index in [0.717, 1.165) is 17.7 Å². The third kappa shape index (κ3) is 6.05. The standard InChI is InChI=1S/C23H33N5O4S/c1-14(29)32-19(23(6,7)28(30)31)18-9-8-17(33-18)16-10-11-24-20(26-16)25-15-12-21(2,3)27-22(4,5)13-15/h8-11,15,19,27H,12-13H2,1-7H3,(H,24,25,26). The molecule has 2 aromatic heterocycles. The molecule has 1 fully saturated rings. The highest BCUT2D eigenvalue weighted by atomic mass is 32.1. The highest BCUT2D eigenvalue weighted by molar-refractivity contribution is 7.15. The lowest BCUT2D eigenvalue weighted by Crippen LogP contribution is -2.60. The van der Waals surface area contributed by atoms with Crippen molar-refractivity contribution in [3.8, 4) is 10.6 Å². The average Bonchev–Trinajstić information content (AvgIpc) is 3.13. The minimum absolute atomic E-state index is 0.00474. The van der Waals surface area contributed by atoms with E-state index in [1.807, 2.05) is 6.07 Å². The smallest absolute Gasteiger partial charge is 0.303 e. The lowest BCUT2D eigenvalue weighted by molar-refractivity contribution is -0.574. The van der Waals surface area contributed by atoms with Crippen LogP contribution in [0.15, 0.2) is 24.4 Å². The average molecular weight is 476 g/mol. The molecule has 9 nitrogen and oxygen atoms in total.